The zero-order chi connectivity index (χ0) is 12.6. The van der Waals surface area contributed by atoms with Gasteiger partial charge in [0.2, 0.25) is 5.29 Å². The minimum absolute atomic E-state index is 0.0799. The van der Waals surface area contributed by atoms with Crippen molar-refractivity contribution in [2.75, 3.05) is 19.5 Å². The van der Waals surface area contributed by atoms with Crippen molar-refractivity contribution in [2.24, 2.45) is 4.40 Å². The molecule has 0 unspecified atom stereocenters. The summed E-state index contributed by atoms with van der Waals surface area (Å²) in [5.41, 5.74) is 0.229. The maximum Gasteiger partial charge on any atom is 0.291 e. The molecule has 0 saturated carbocycles. The highest BCUT2D eigenvalue weighted by Crippen LogP contribution is 2.41. The van der Waals surface area contributed by atoms with E-state index >= 15 is 0 Å². The first-order valence-electron chi connectivity index (χ1n) is 4.52. The van der Waals surface area contributed by atoms with E-state index in [2.05, 4.69) is 9.71 Å². The topological polar surface area (TPSA) is 77.0 Å². The van der Waals surface area contributed by atoms with Gasteiger partial charge in [-0.3, -0.25) is 0 Å². The van der Waals surface area contributed by atoms with Crippen LogP contribution in [0.15, 0.2) is 21.4 Å². The number of fused-ring (bicyclic) bond motifs is 1. The Bertz CT molecular complexity index is 597. The molecule has 0 fully saturated rings. The van der Waals surface area contributed by atoms with E-state index in [9.17, 15) is 8.42 Å². The first-order chi connectivity index (χ1) is 7.99. The summed E-state index contributed by atoms with van der Waals surface area (Å²) in [6.45, 7) is 0. The van der Waals surface area contributed by atoms with Crippen molar-refractivity contribution in [1.29, 1.82) is 0 Å². The number of rotatable bonds is 2. The lowest BCUT2D eigenvalue weighted by atomic mass is 10.2. The Balaban J connectivity index is 2.80. The standard InChI is InChI=1S/C9H9ClN2O4S/c1-15-5-3-4-6(16-2)8-7(5)11-9(10)12-17(8,13)14/h3-4H,1-2H3,(H,11,12). The van der Waals surface area contributed by atoms with Gasteiger partial charge >= 0.3 is 0 Å². The van der Waals surface area contributed by atoms with Crippen molar-refractivity contribution in [3.05, 3.63) is 12.1 Å². The van der Waals surface area contributed by atoms with Crippen LogP contribution < -0.4 is 14.8 Å². The number of ether oxygens (including phenoxy) is 2. The Hall–Kier alpha value is -1.47. The highest BCUT2D eigenvalue weighted by molar-refractivity contribution is 7.90. The van der Waals surface area contributed by atoms with Gasteiger partial charge in [0.15, 0.2) is 4.90 Å². The fourth-order valence-corrected chi connectivity index (χ4v) is 3.06. The number of halogens is 1. The molecule has 0 spiro atoms. The third-order valence-electron chi connectivity index (χ3n) is 2.21. The summed E-state index contributed by atoms with van der Waals surface area (Å²) >= 11 is 5.62. The van der Waals surface area contributed by atoms with E-state index in [0.29, 0.717) is 5.75 Å². The van der Waals surface area contributed by atoms with E-state index in [4.69, 9.17) is 21.1 Å². The maximum atomic E-state index is 11.9. The summed E-state index contributed by atoms with van der Waals surface area (Å²) in [6, 6.07) is 3.07. The lowest BCUT2D eigenvalue weighted by Crippen LogP contribution is -2.18. The molecule has 0 amide bonds. The van der Waals surface area contributed by atoms with Gasteiger partial charge in [-0.25, -0.2) is 0 Å². The minimum Gasteiger partial charge on any atom is -0.495 e. The Labute approximate surface area is 103 Å². The van der Waals surface area contributed by atoms with Gasteiger partial charge < -0.3 is 14.8 Å². The highest BCUT2D eigenvalue weighted by Gasteiger charge is 2.31. The molecule has 92 valence electrons. The fraction of sp³-hybridized carbons (Fsp3) is 0.222. The summed E-state index contributed by atoms with van der Waals surface area (Å²) in [5.74, 6) is 0.527. The first kappa shape index (κ1) is 12.0. The molecule has 1 aliphatic heterocycles. The third kappa shape index (κ3) is 1.91. The molecule has 1 heterocycles. The Morgan fingerprint density at radius 1 is 1.24 bits per heavy atom. The van der Waals surface area contributed by atoms with Crippen LogP contribution in [0.2, 0.25) is 0 Å². The van der Waals surface area contributed by atoms with E-state index in [1.165, 1.54) is 20.3 Å². The van der Waals surface area contributed by atoms with Crippen LogP contribution in [0, 0.1) is 0 Å². The van der Waals surface area contributed by atoms with E-state index < -0.39 is 10.0 Å². The number of nitrogens with zero attached hydrogens (tertiary/aromatic N) is 1. The maximum absolute atomic E-state index is 11.9. The van der Waals surface area contributed by atoms with E-state index in [1.54, 1.807) is 6.07 Å². The van der Waals surface area contributed by atoms with Crippen molar-refractivity contribution in [1.82, 2.24) is 0 Å². The summed E-state index contributed by atoms with van der Waals surface area (Å²) in [5, 5.41) is 2.41. The van der Waals surface area contributed by atoms with Crippen LogP contribution in [0.3, 0.4) is 0 Å². The summed E-state index contributed by atoms with van der Waals surface area (Å²) in [7, 11) is -1.08. The Kier molecular flexibility index (Phi) is 2.88. The largest absolute Gasteiger partial charge is 0.495 e. The van der Waals surface area contributed by atoms with E-state index in [0.717, 1.165) is 0 Å². The van der Waals surface area contributed by atoms with Gasteiger partial charge in [0.1, 0.15) is 17.2 Å². The summed E-state index contributed by atoms with van der Waals surface area (Å²) in [6.07, 6.45) is 0. The lowest BCUT2D eigenvalue weighted by Gasteiger charge is -2.19. The monoisotopic (exact) mass is 276 g/mol. The van der Waals surface area contributed by atoms with Crippen LogP contribution in [0.5, 0.6) is 11.5 Å². The van der Waals surface area contributed by atoms with Crippen LogP contribution in [0.4, 0.5) is 5.69 Å². The third-order valence-corrected chi connectivity index (χ3v) is 3.83. The molecule has 0 radical (unpaired) electrons. The number of hydrogen-bond donors (Lipinski definition) is 1. The zero-order valence-corrected chi connectivity index (χ0v) is 10.6. The molecule has 2 rings (SSSR count). The predicted molar refractivity (Wildman–Crippen MR) is 63.6 cm³/mol. The van der Waals surface area contributed by atoms with Gasteiger partial charge in [-0.1, -0.05) is 0 Å². The molecule has 8 heteroatoms. The number of nitrogens with one attached hydrogen (secondary N) is 1. The van der Waals surface area contributed by atoms with Crippen LogP contribution in [-0.2, 0) is 10.0 Å². The van der Waals surface area contributed by atoms with Gasteiger partial charge in [-0.05, 0) is 23.7 Å². The zero-order valence-electron chi connectivity index (χ0n) is 9.02. The van der Waals surface area contributed by atoms with Crippen molar-refractivity contribution < 1.29 is 17.9 Å². The summed E-state index contributed by atoms with van der Waals surface area (Å²) in [4.78, 5) is -0.0799. The number of methoxy groups -OCH3 is 2. The lowest BCUT2D eigenvalue weighted by molar-refractivity contribution is 0.394. The SMILES string of the molecule is COc1ccc(OC)c2c1NC(Cl)=NS2(=O)=O. The van der Waals surface area contributed by atoms with Crippen LogP contribution in [0.25, 0.3) is 0 Å². The number of anilines is 1. The van der Waals surface area contributed by atoms with Gasteiger partial charge in [-0.2, -0.15) is 8.42 Å². The van der Waals surface area contributed by atoms with Crippen LogP contribution in [-0.4, -0.2) is 27.9 Å². The Morgan fingerprint density at radius 2 is 1.82 bits per heavy atom. The summed E-state index contributed by atoms with van der Waals surface area (Å²) < 4.78 is 37.2. The molecule has 0 bridgehead atoms. The van der Waals surface area contributed by atoms with Gasteiger partial charge in [0, 0.05) is 0 Å². The molecule has 6 nitrogen and oxygen atoms in total. The minimum atomic E-state index is -3.88. The average molecular weight is 277 g/mol. The van der Waals surface area contributed by atoms with E-state index in [1.807, 2.05) is 0 Å². The number of sulfonamides is 1. The second kappa shape index (κ2) is 4.08. The molecule has 0 saturated heterocycles. The van der Waals surface area contributed by atoms with E-state index in [-0.39, 0.29) is 21.6 Å². The second-order valence-electron chi connectivity index (χ2n) is 3.16. The molecule has 0 aromatic heterocycles. The Morgan fingerprint density at radius 3 is 2.41 bits per heavy atom. The molecule has 1 aromatic rings. The molecule has 0 aliphatic carbocycles. The van der Waals surface area contributed by atoms with Crippen LogP contribution in [0.1, 0.15) is 0 Å². The average Bonchev–Trinajstić information content (AvgIpc) is 2.26. The highest BCUT2D eigenvalue weighted by atomic mass is 35.5. The predicted octanol–water partition coefficient (Wildman–Crippen LogP) is 1.41. The van der Waals surface area contributed by atoms with Gasteiger partial charge in [0.05, 0.1) is 14.2 Å². The number of hydrogen-bond acceptors (Lipinski definition) is 5. The van der Waals surface area contributed by atoms with Crippen molar-refractivity contribution in [3.8, 4) is 11.5 Å². The van der Waals surface area contributed by atoms with Crippen molar-refractivity contribution >= 4 is 32.6 Å². The fourth-order valence-electron chi connectivity index (χ4n) is 1.53. The van der Waals surface area contributed by atoms with Gasteiger partial charge in [0.25, 0.3) is 10.0 Å². The van der Waals surface area contributed by atoms with Crippen LogP contribution >= 0.6 is 11.6 Å². The van der Waals surface area contributed by atoms with Crippen molar-refractivity contribution in [3.63, 3.8) is 0 Å². The molecular weight excluding hydrogens is 268 g/mol. The molecule has 17 heavy (non-hydrogen) atoms. The molecular formula is C9H9ClN2O4S. The smallest absolute Gasteiger partial charge is 0.291 e. The molecule has 1 N–H and O–H groups in total. The normalized spacial score (nSPS) is 16.5. The molecule has 1 aromatic carbocycles. The molecule has 0 atom stereocenters. The molecule has 1 aliphatic rings. The quantitative estimate of drug-likeness (QED) is 0.827. The second-order valence-corrected chi connectivity index (χ2v) is 5.06. The number of benzene rings is 1. The van der Waals surface area contributed by atoms with Crippen molar-refractivity contribution in [2.45, 2.75) is 4.90 Å². The van der Waals surface area contributed by atoms with Gasteiger partial charge in [-0.15, -0.1) is 4.40 Å². The first-order valence-corrected chi connectivity index (χ1v) is 6.34. The number of amidine groups is 1.